The Balaban J connectivity index is 2.47. The number of hydrogen-bond acceptors (Lipinski definition) is 4. The summed E-state index contributed by atoms with van der Waals surface area (Å²) in [7, 11) is 0. The van der Waals surface area contributed by atoms with Gasteiger partial charge in [0.1, 0.15) is 11.9 Å². The highest BCUT2D eigenvalue weighted by molar-refractivity contribution is 5.73. The van der Waals surface area contributed by atoms with Crippen LogP contribution in [0.25, 0.3) is 0 Å². The van der Waals surface area contributed by atoms with Crippen LogP contribution in [0.2, 0.25) is 0 Å². The van der Waals surface area contributed by atoms with E-state index >= 15 is 0 Å². The highest BCUT2D eigenvalue weighted by Gasteiger charge is 2.17. The molecule has 0 amide bonds. The number of imidazole rings is 1. The fourth-order valence-electron chi connectivity index (χ4n) is 1.11. The zero-order valence-electron chi connectivity index (χ0n) is 7.73. The van der Waals surface area contributed by atoms with Gasteiger partial charge in [-0.15, -0.1) is 0 Å². The Hall–Kier alpha value is -1.40. The van der Waals surface area contributed by atoms with Crippen LogP contribution in [0.4, 0.5) is 0 Å². The molecule has 1 rings (SSSR count). The first-order valence-corrected chi connectivity index (χ1v) is 4.38. The van der Waals surface area contributed by atoms with Crippen molar-refractivity contribution in [1.29, 1.82) is 0 Å². The van der Waals surface area contributed by atoms with E-state index in [1.54, 1.807) is 12.4 Å². The molecule has 14 heavy (non-hydrogen) atoms. The van der Waals surface area contributed by atoms with Gasteiger partial charge in [0.15, 0.2) is 0 Å². The summed E-state index contributed by atoms with van der Waals surface area (Å²) in [6.07, 6.45) is 3.59. The van der Waals surface area contributed by atoms with Gasteiger partial charge in [-0.25, -0.2) is 4.98 Å². The summed E-state index contributed by atoms with van der Waals surface area (Å²) in [5.41, 5.74) is 5.27. The Morgan fingerprint density at radius 2 is 2.57 bits per heavy atom. The number of aromatic amines is 1. The molecule has 1 atom stereocenters. The first kappa shape index (κ1) is 10.7. The highest BCUT2D eigenvalue weighted by atomic mass is 16.4. The van der Waals surface area contributed by atoms with Crippen LogP contribution in [0.3, 0.4) is 0 Å². The second-order valence-corrected chi connectivity index (χ2v) is 2.87. The maximum absolute atomic E-state index is 10.8. The van der Waals surface area contributed by atoms with Crippen LogP contribution in [0.5, 0.6) is 0 Å². The molecule has 0 saturated heterocycles. The summed E-state index contributed by atoms with van der Waals surface area (Å²) in [6, 6.07) is -0.635. The smallest absolute Gasteiger partial charge is 0.321 e. The molecule has 78 valence electrons. The number of carbonyl (C=O) groups is 1. The fourth-order valence-corrected chi connectivity index (χ4v) is 1.11. The molecule has 1 aromatic heterocycles. The third-order valence-corrected chi connectivity index (χ3v) is 1.79. The van der Waals surface area contributed by atoms with Crippen LogP contribution in [0, 0.1) is 0 Å². The van der Waals surface area contributed by atoms with Crippen molar-refractivity contribution in [2.45, 2.75) is 12.5 Å². The average Bonchev–Trinajstić information content (AvgIpc) is 2.64. The van der Waals surface area contributed by atoms with Gasteiger partial charge in [0.2, 0.25) is 0 Å². The number of nitrogens with zero attached hydrogens (tertiary/aromatic N) is 1. The number of nitrogens with two attached hydrogens (primary N) is 1. The second-order valence-electron chi connectivity index (χ2n) is 2.87. The lowest BCUT2D eigenvalue weighted by atomic mass is 10.2. The molecule has 0 saturated carbocycles. The van der Waals surface area contributed by atoms with Gasteiger partial charge >= 0.3 is 5.97 Å². The lowest BCUT2D eigenvalue weighted by Gasteiger charge is -2.11. The molecule has 0 fully saturated rings. The van der Waals surface area contributed by atoms with Crippen LogP contribution in [0.1, 0.15) is 5.82 Å². The Kier molecular flexibility index (Phi) is 4.09. The van der Waals surface area contributed by atoms with E-state index in [2.05, 4.69) is 15.3 Å². The van der Waals surface area contributed by atoms with Crippen molar-refractivity contribution in [3.8, 4) is 0 Å². The maximum atomic E-state index is 10.8. The van der Waals surface area contributed by atoms with Crippen molar-refractivity contribution < 1.29 is 9.90 Å². The summed E-state index contributed by atoms with van der Waals surface area (Å²) in [6.45, 7) is 0.902. The predicted molar refractivity (Wildman–Crippen MR) is 50.8 cm³/mol. The van der Waals surface area contributed by atoms with Crippen LogP contribution in [-0.2, 0) is 11.2 Å². The zero-order valence-corrected chi connectivity index (χ0v) is 7.73. The van der Waals surface area contributed by atoms with Crippen LogP contribution in [-0.4, -0.2) is 40.2 Å². The Bertz CT molecular complexity index is 273. The monoisotopic (exact) mass is 198 g/mol. The van der Waals surface area contributed by atoms with Gasteiger partial charge in [-0.2, -0.15) is 0 Å². The lowest BCUT2D eigenvalue weighted by molar-refractivity contribution is -0.139. The van der Waals surface area contributed by atoms with Gasteiger partial charge in [-0.1, -0.05) is 0 Å². The summed E-state index contributed by atoms with van der Waals surface area (Å²) >= 11 is 0. The molecule has 6 nitrogen and oxygen atoms in total. The van der Waals surface area contributed by atoms with E-state index in [0.29, 0.717) is 25.3 Å². The molecule has 0 aliphatic rings. The molecule has 1 heterocycles. The van der Waals surface area contributed by atoms with Gasteiger partial charge in [-0.05, 0) is 0 Å². The van der Waals surface area contributed by atoms with Gasteiger partial charge in [0.25, 0.3) is 0 Å². The van der Waals surface area contributed by atoms with Crippen LogP contribution in [0.15, 0.2) is 12.4 Å². The molecule has 0 aliphatic heterocycles. The van der Waals surface area contributed by atoms with Crippen molar-refractivity contribution in [2.75, 3.05) is 13.1 Å². The van der Waals surface area contributed by atoms with Crippen molar-refractivity contribution in [1.82, 2.24) is 15.3 Å². The van der Waals surface area contributed by atoms with Gasteiger partial charge in [-0.3, -0.25) is 4.79 Å². The third-order valence-electron chi connectivity index (χ3n) is 1.79. The predicted octanol–water partition coefficient (Wildman–Crippen LogP) is -1.05. The number of aliphatic carboxylic acids is 1. The molecule has 0 spiro atoms. The topological polar surface area (TPSA) is 104 Å². The lowest BCUT2D eigenvalue weighted by Crippen LogP contribution is -2.41. The maximum Gasteiger partial charge on any atom is 0.321 e. The van der Waals surface area contributed by atoms with E-state index in [-0.39, 0.29) is 0 Å². The first-order valence-electron chi connectivity index (χ1n) is 4.38. The fraction of sp³-hybridized carbons (Fsp3) is 0.500. The zero-order chi connectivity index (χ0) is 10.4. The second kappa shape index (κ2) is 5.36. The minimum atomic E-state index is -0.894. The minimum Gasteiger partial charge on any atom is -0.480 e. The minimum absolute atomic E-state index is 0.336. The van der Waals surface area contributed by atoms with Crippen LogP contribution < -0.4 is 11.1 Å². The molecule has 0 aliphatic carbocycles. The van der Waals surface area contributed by atoms with Crippen LogP contribution >= 0.6 is 0 Å². The van der Waals surface area contributed by atoms with Crippen molar-refractivity contribution in [2.24, 2.45) is 5.73 Å². The SMILES string of the molecule is NCCN[C@@H](Cc1ncc[nH]1)C(=O)O. The quantitative estimate of drug-likeness (QED) is 0.467. The van der Waals surface area contributed by atoms with Crippen molar-refractivity contribution in [3.63, 3.8) is 0 Å². The van der Waals surface area contributed by atoms with E-state index in [9.17, 15) is 4.79 Å². The van der Waals surface area contributed by atoms with Crippen molar-refractivity contribution in [3.05, 3.63) is 18.2 Å². The Morgan fingerprint density at radius 3 is 3.07 bits per heavy atom. The average molecular weight is 198 g/mol. The number of carboxylic acids is 1. The number of aromatic nitrogens is 2. The summed E-state index contributed by atoms with van der Waals surface area (Å²) in [5, 5.41) is 11.7. The highest BCUT2D eigenvalue weighted by Crippen LogP contribution is 1.96. The van der Waals surface area contributed by atoms with E-state index in [1.807, 2.05) is 0 Å². The summed E-state index contributed by atoms with van der Waals surface area (Å²) in [5.74, 6) is -0.239. The van der Waals surface area contributed by atoms with Gasteiger partial charge < -0.3 is 21.1 Å². The molecular weight excluding hydrogens is 184 g/mol. The van der Waals surface area contributed by atoms with E-state index < -0.39 is 12.0 Å². The largest absolute Gasteiger partial charge is 0.480 e. The number of hydrogen-bond donors (Lipinski definition) is 4. The van der Waals surface area contributed by atoms with E-state index in [4.69, 9.17) is 10.8 Å². The molecule has 0 unspecified atom stereocenters. The normalized spacial score (nSPS) is 12.6. The molecule has 0 radical (unpaired) electrons. The molecular formula is C8H14N4O2. The van der Waals surface area contributed by atoms with E-state index in [0.717, 1.165) is 0 Å². The Labute approximate surface area is 81.5 Å². The Morgan fingerprint density at radius 1 is 1.79 bits per heavy atom. The molecule has 1 aromatic rings. The molecule has 5 N–H and O–H groups in total. The number of rotatable bonds is 6. The van der Waals surface area contributed by atoms with Gasteiger partial charge in [0.05, 0.1) is 0 Å². The summed E-state index contributed by atoms with van der Waals surface area (Å²) in [4.78, 5) is 17.6. The number of H-pyrrole nitrogens is 1. The van der Waals surface area contributed by atoms with Gasteiger partial charge in [0, 0.05) is 31.9 Å². The van der Waals surface area contributed by atoms with E-state index in [1.165, 1.54) is 0 Å². The standard InChI is InChI=1S/C8H14N4O2/c9-1-2-10-6(8(13)14)5-7-11-3-4-12-7/h3-4,6,10H,1-2,5,9H2,(H,11,12)(H,13,14)/t6-/m0/s1. The number of carboxylic acid groups (broad SMARTS) is 1. The molecule has 0 aromatic carbocycles. The molecule has 0 bridgehead atoms. The van der Waals surface area contributed by atoms with Crippen molar-refractivity contribution >= 4 is 5.97 Å². The molecule has 6 heteroatoms. The number of nitrogens with one attached hydrogen (secondary N) is 2. The third kappa shape index (κ3) is 3.15. The first-order chi connectivity index (χ1) is 6.74. The summed E-state index contributed by atoms with van der Waals surface area (Å²) < 4.78 is 0.